The molecule has 0 atom stereocenters. The van der Waals surface area contributed by atoms with Crippen LogP contribution in [0.1, 0.15) is 37.4 Å². The van der Waals surface area contributed by atoms with Crippen LogP contribution in [0.2, 0.25) is 0 Å². The summed E-state index contributed by atoms with van der Waals surface area (Å²) in [5, 5.41) is 10.1. The van der Waals surface area contributed by atoms with Gasteiger partial charge in [-0.1, -0.05) is 18.0 Å². The van der Waals surface area contributed by atoms with E-state index in [0.29, 0.717) is 24.9 Å². The van der Waals surface area contributed by atoms with E-state index >= 15 is 0 Å². The molecule has 0 aliphatic heterocycles. The largest absolute Gasteiger partial charge is 0.383 e. The molecular weight excluding hydrogens is 296 g/mol. The van der Waals surface area contributed by atoms with Gasteiger partial charge in [-0.25, -0.2) is 0 Å². The molecule has 0 unspecified atom stereocenters. The minimum Gasteiger partial charge on any atom is -0.383 e. The van der Waals surface area contributed by atoms with Crippen molar-refractivity contribution in [1.82, 2.24) is 20.8 Å². The number of ether oxygens (including phenoxy) is 1. The van der Waals surface area contributed by atoms with Gasteiger partial charge in [-0.3, -0.25) is 4.79 Å². The topological polar surface area (TPSA) is 89.3 Å². The smallest absolute Gasteiger partial charge is 0.234 e. The van der Waals surface area contributed by atoms with Crippen LogP contribution in [0.15, 0.2) is 4.52 Å². The molecule has 0 aromatic carbocycles. The summed E-state index contributed by atoms with van der Waals surface area (Å²) >= 11 is 0. The molecular formula is C13H23ClN4O3. The average molecular weight is 319 g/mol. The Morgan fingerprint density at radius 1 is 1.43 bits per heavy atom. The first-order valence-electron chi connectivity index (χ1n) is 6.98. The Kier molecular flexibility index (Phi) is 7.07. The molecule has 2 rings (SSSR count). The predicted molar refractivity (Wildman–Crippen MR) is 79.3 cm³/mol. The number of hydrogen-bond acceptors (Lipinski definition) is 6. The van der Waals surface area contributed by atoms with E-state index in [-0.39, 0.29) is 24.9 Å². The van der Waals surface area contributed by atoms with Crippen molar-refractivity contribution < 1.29 is 14.1 Å². The molecule has 1 aliphatic carbocycles. The van der Waals surface area contributed by atoms with Crippen LogP contribution < -0.4 is 10.6 Å². The summed E-state index contributed by atoms with van der Waals surface area (Å²) in [6, 6.07) is 0. The molecule has 1 saturated carbocycles. The summed E-state index contributed by atoms with van der Waals surface area (Å²) in [4.78, 5) is 16.3. The van der Waals surface area contributed by atoms with Crippen molar-refractivity contribution in [3.05, 3.63) is 11.7 Å². The highest BCUT2D eigenvalue weighted by molar-refractivity contribution is 5.85. The summed E-state index contributed by atoms with van der Waals surface area (Å²) in [7, 11) is 1.63. The summed E-state index contributed by atoms with van der Waals surface area (Å²) < 4.78 is 9.97. The summed E-state index contributed by atoms with van der Waals surface area (Å²) in [6.07, 6.45) is 3.83. The number of methoxy groups -OCH3 is 1. The van der Waals surface area contributed by atoms with E-state index in [1.165, 1.54) is 0 Å². The second kappa shape index (κ2) is 8.31. The highest BCUT2D eigenvalue weighted by Crippen LogP contribution is 2.37. The maximum absolute atomic E-state index is 12.0. The van der Waals surface area contributed by atoms with Gasteiger partial charge in [0.1, 0.15) is 5.54 Å². The third-order valence-corrected chi connectivity index (χ3v) is 3.56. The van der Waals surface area contributed by atoms with E-state index < -0.39 is 5.54 Å². The zero-order valence-electron chi connectivity index (χ0n) is 12.5. The summed E-state index contributed by atoms with van der Waals surface area (Å²) in [5.41, 5.74) is -0.461. The zero-order chi connectivity index (χ0) is 14.4. The van der Waals surface area contributed by atoms with Crippen molar-refractivity contribution in [1.29, 1.82) is 0 Å². The van der Waals surface area contributed by atoms with Crippen molar-refractivity contribution in [2.24, 2.45) is 0 Å². The first-order chi connectivity index (χ1) is 9.66. The lowest BCUT2D eigenvalue weighted by Crippen LogP contribution is -2.48. The SMILES string of the molecule is COCCNCC(=O)NC1(c2noc(C)n2)CCCC1.Cl. The normalized spacial score (nSPS) is 16.5. The van der Waals surface area contributed by atoms with Gasteiger partial charge in [0.15, 0.2) is 5.82 Å². The van der Waals surface area contributed by atoms with Gasteiger partial charge in [0, 0.05) is 20.6 Å². The Balaban J connectivity index is 0.00000220. The van der Waals surface area contributed by atoms with Gasteiger partial charge in [-0.2, -0.15) is 4.98 Å². The van der Waals surface area contributed by atoms with Crippen LogP contribution in [0, 0.1) is 6.92 Å². The summed E-state index contributed by atoms with van der Waals surface area (Å²) in [5.74, 6) is 1.07. The third-order valence-electron chi connectivity index (χ3n) is 3.56. The third kappa shape index (κ3) is 4.66. The number of nitrogens with zero attached hydrogens (tertiary/aromatic N) is 2. The lowest BCUT2D eigenvalue weighted by molar-refractivity contribution is -0.122. The Morgan fingerprint density at radius 3 is 2.71 bits per heavy atom. The number of nitrogens with one attached hydrogen (secondary N) is 2. The van der Waals surface area contributed by atoms with Crippen LogP contribution in [-0.4, -0.2) is 42.9 Å². The van der Waals surface area contributed by atoms with Gasteiger partial charge in [0.2, 0.25) is 11.8 Å². The molecule has 0 radical (unpaired) electrons. The van der Waals surface area contributed by atoms with Crippen molar-refractivity contribution in [3.8, 4) is 0 Å². The van der Waals surface area contributed by atoms with E-state index in [1.54, 1.807) is 14.0 Å². The number of aromatic nitrogens is 2. The molecule has 1 fully saturated rings. The molecule has 21 heavy (non-hydrogen) atoms. The Morgan fingerprint density at radius 2 is 2.14 bits per heavy atom. The number of carbonyl (C=O) groups excluding carboxylic acids is 1. The van der Waals surface area contributed by atoms with E-state index in [4.69, 9.17) is 9.26 Å². The van der Waals surface area contributed by atoms with Gasteiger partial charge in [0.25, 0.3) is 0 Å². The molecule has 7 nitrogen and oxygen atoms in total. The standard InChI is InChI=1S/C13H22N4O3.ClH/c1-10-15-12(17-20-10)13(5-3-4-6-13)16-11(18)9-14-7-8-19-2;/h14H,3-9H2,1-2H3,(H,16,18);1H. The van der Waals surface area contributed by atoms with Crippen molar-refractivity contribution >= 4 is 18.3 Å². The molecule has 0 spiro atoms. The van der Waals surface area contributed by atoms with E-state index in [0.717, 1.165) is 25.7 Å². The highest BCUT2D eigenvalue weighted by Gasteiger charge is 2.41. The molecule has 0 bridgehead atoms. The Labute approximate surface area is 130 Å². The molecule has 0 saturated heterocycles. The first-order valence-corrected chi connectivity index (χ1v) is 6.98. The zero-order valence-corrected chi connectivity index (χ0v) is 13.3. The maximum atomic E-state index is 12.0. The van der Waals surface area contributed by atoms with Crippen molar-refractivity contribution in [2.45, 2.75) is 38.1 Å². The summed E-state index contributed by atoms with van der Waals surface area (Å²) in [6.45, 7) is 3.26. The first kappa shape index (κ1) is 17.9. The number of hydrogen-bond donors (Lipinski definition) is 2. The monoisotopic (exact) mass is 318 g/mol. The van der Waals surface area contributed by atoms with Crippen LogP contribution in [0.5, 0.6) is 0 Å². The minimum absolute atomic E-state index is 0. The fourth-order valence-electron chi connectivity index (χ4n) is 2.56. The molecule has 1 amide bonds. The minimum atomic E-state index is -0.461. The van der Waals surface area contributed by atoms with E-state index in [2.05, 4.69) is 20.8 Å². The lowest BCUT2D eigenvalue weighted by atomic mass is 9.96. The van der Waals surface area contributed by atoms with Crippen molar-refractivity contribution in [3.63, 3.8) is 0 Å². The van der Waals surface area contributed by atoms with Gasteiger partial charge in [-0.15, -0.1) is 12.4 Å². The Bertz CT molecular complexity index is 446. The molecule has 1 aromatic heterocycles. The van der Waals surface area contributed by atoms with Gasteiger partial charge in [0.05, 0.1) is 13.2 Å². The average Bonchev–Trinajstić information content (AvgIpc) is 3.05. The molecule has 120 valence electrons. The number of halogens is 1. The molecule has 1 heterocycles. The number of carbonyl (C=O) groups is 1. The fourth-order valence-corrected chi connectivity index (χ4v) is 2.56. The lowest BCUT2D eigenvalue weighted by Gasteiger charge is -2.26. The number of rotatable bonds is 7. The highest BCUT2D eigenvalue weighted by atomic mass is 35.5. The molecule has 1 aromatic rings. The fraction of sp³-hybridized carbons (Fsp3) is 0.769. The quantitative estimate of drug-likeness (QED) is 0.727. The van der Waals surface area contributed by atoms with Crippen molar-refractivity contribution in [2.75, 3.05) is 26.8 Å². The van der Waals surface area contributed by atoms with E-state index in [9.17, 15) is 4.79 Å². The maximum Gasteiger partial charge on any atom is 0.234 e. The van der Waals surface area contributed by atoms with Gasteiger partial charge >= 0.3 is 0 Å². The van der Waals surface area contributed by atoms with Crippen LogP contribution in [-0.2, 0) is 15.1 Å². The van der Waals surface area contributed by atoms with Crippen LogP contribution in [0.25, 0.3) is 0 Å². The van der Waals surface area contributed by atoms with Gasteiger partial charge < -0.3 is 19.9 Å². The van der Waals surface area contributed by atoms with Crippen LogP contribution >= 0.6 is 12.4 Å². The molecule has 1 aliphatic rings. The van der Waals surface area contributed by atoms with Crippen LogP contribution in [0.3, 0.4) is 0 Å². The number of aryl methyl sites for hydroxylation is 1. The molecule has 2 N–H and O–H groups in total. The van der Waals surface area contributed by atoms with Gasteiger partial charge in [-0.05, 0) is 12.8 Å². The second-order valence-electron chi connectivity index (χ2n) is 5.14. The van der Waals surface area contributed by atoms with E-state index in [1.807, 2.05) is 0 Å². The van der Waals surface area contributed by atoms with Crippen LogP contribution in [0.4, 0.5) is 0 Å². The second-order valence-corrected chi connectivity index (χ2v) is 5.14. The molecule has 8 heteroatoms. The predicted octanol–water partition coefficient (Wildman–Crippen LogP) is 0.921. The Hall–Kier alpha value is -1.18. The number of amides is 1.